The summed E-state index contributed by atoms with van der Waals surface area (Å²) in [5.74, 6) is 1.94. The van der Waals surface area contributed by atoms with Crippen molar-refractivity contribution in [3.05, 3.63) is 29.8 Å². The van der Waals surface area contributed by atoms with E-state index in [0.29, 0.717) is 6.54 Å². The van der Waals surface area contributed by atoms with Gasteiger partial charge in [0.15, 0.2) is 5.96 Å². The molecule has 1 aromatic carbocycles. The smallest absolute Gasteiger partial charge is 0.221 e. The second-order valence-corrected chi connectivity index (χ2v) is 5.92. The minimum Gasteiger partial charge on any atom is -0.356 e. The summed E-state index contributed by atoms with van der Waals surface area (Å²) in [4.78, 5) is 15.3. The topological polar surface area (TPSA) is 65.5 Å². The molecule has 0 aromatic heterocycles. The van der Waals surface area contributed by atoms with Gasteiger partial charge in [-0.2, -0.15) is 11.8 Å². The summed E-state index contributed by atoms with van der Waals surface area (Å²) in [5.41, 5.74) is 1.91. The van der Waals surface area contributed by atoms with E-state index in [2.05, 4.69) is 27.2 Å². The fourth-order valence-electron chi connectivity index (χ4n) is 1.95. The quantitative estimate of drug-likeness (QED) is 0.391. The lowest BCUT2D eigenvalue weighted by Crippen LogP contribution is -2.37. The molecule has 0 aliphatic rings. The number of nitrogens with zero attached hydrogens (tertiary/aromatic N) is 1. The highest BCUT2D eigenvalue weighted by atomic mass is 32.2. The van der Waals surface area contributed by atoms with Crippen molar-refractivity contribution in [3.63, 3.8) is 0 Å². The number of nitrogens with one attached hydrogen (secondary N) is 3. The molecule has 122 valence electrons. The Morgan fingerprint density at radius 3 is 2.77 bits per heavy atom. The summed E-state index contributed by atoms with van der Waals surface area (Å²) in [6.45, 7) is 3.10. The van der Waals surface area contributed by atoms with Gasteiger partial charge in [-0.3, -0.25) is 9.79 Å². The minimum absolute atomic E-state index is 0.0622. The van der Waals surface area contributed by atoms with Crippen LogP contribution in [-0.2, 0) is 11.3 Å². The number of carbonyl (C=O) groups excluding carboxylic acids is 1. The molecule has 0 saturated heterocycles. The third kappa shape index (κ3) is 7.93. The van der Waals surface area contributed by atoms with Gasteiger partial charge in [-0.15, -0.1) is 0 Å². The zero-order valence-electron chi connectivity index (χ0n) is 13.6. The molecule has 0 unspecified atom stereocenters. The van der Waals surface area contributed by atoms with Gasteiger partial charge in [0, 0.05) is 32.7 Å². The van der Waals surface area contributed by atoms with Crippen molar-refractivity contribution in [2.45, 2.75) is 26.3 Å². The number of rotatable bonds is 8. The number of aliphatic imine (C=N–C) groups is 1. The first-order valence-corrected chi connectivity index (χ1v) is 8.85. The molecule has 0 aliphatic heterocycles. The van der Waals surface area contributed by atoms with E-state index in [4.69, 9.17) is 0 Å². The van der Waals surface area contributed by atoms with Crippen LogP contribution in [0.25, 0.3) is 0 Å². The highest BCUT2D eigenvalue weighted by molar-refractivity contribution is 7.98. The number of amides is 1. The highest BCUT2D eigenvalue weighted by Crippen LogP contribution is 2.10. The average Bonchev–Trinajstić information content (AvgIpc) is 2.50. The molecule has 0 radical (unpaired) electrons. The zero-order chi connectivity index (χ0) is 16.2. The Labute approximate surface area is 137 Å². The van der Waals surface area contributed by atoms with Crippen molar-refractivity contribution in [1.82, 2.24) is 10.6 Å². The van der Waals surface area contributed by atoms with E-state index in [1.165, 1.54) is 19.1 Å². The molecule has 6 heteroatoms. The zero-order valence-corrected chi connectivity index (χ0v) is 14.4. The van der Waals surface area contributed by atoms with Crippen LogP contribution in [0.4, 0.5) is 5.69 Å². The number of guanidine groups is 1. The van der Waals surface area contributed by atoms with Crippen molar-refractivity contribution < 1.29 is 4.79 Å². The molecule has 0 atom stereocenters. The normalized spacial score (nSPS) is 11.1. The summed E-state index contributed by atoms with van der Waals surface area (Å²) in [6.07, 6.45) is 4.48. The largest absolute Gasteiger partial charge is 0.356 e. The van der Waals surface area contributed by atoms with Crippen LogP contribution >= 0.6 is 11.8 Å². The number of thioether (sulfide) groups is 1. The van der Waals surface area contributed by atoms with E-state index in [0.717, 1.165) is 30.2 Å². The first-order valence-electron chi connectivity index (χ1n) is 7.45. The van der Waals surface area contributed by atoms with Gasteiger partial charge < -0.3 is 16.0 Å². The third-order valence-electron chi connectivity index (χ3n) is 3.00. The van der Waals surface area contributed by atoms with Crippen LogP contribution in [0.2, 0.25) is 0 Å². The molecule has 22 heavy (non-hydrogen) atoms. The van der Waals surface area contributed by atoms with Crippen molar-refractivity contribution in [2.24, 2.45) is 4.99 Å². The Balaban J connectivity index is 2.38. The van der Waals surface area contributed by atoms with E-state index in [9.17, 15) is 4.79 Å². The van der Waals surface area contributed by atoms with Gasteiger partial charge >= 0.3 is 0 Å². The van der Waals surface area contributed by atoms with Crippen molar-refractivity contribution in [1.29, 1.82) is 0 Å². The van der Waals surface area contributed by atoms with Gasteiger partial charge in [0.05, 0.1) is 0 Å². The van der Waals surface area contributed by atoms with E-state index in [-0.39, 0.29) is 5.91 Å². The molecule has 1 amide bonds. The monoisotopic (exact) mass is 322 g/mol. The molecule has 1 aromatic rings. The molecule has 0 aliphatic carbocycles. The van der Waals surface area contributed by atoms with Gasteiger partial charge in [-0.1, -0.05) is 12.1 Å². The molecule has 0 fully saturated rings. The van der Waals surface area contributed by atoms with Gasteiger partial charge in [-0.25, -0.2) is 0 Å². The van der Waals surface area contributed by atoms with Crippen LogP contribution < -0.4 is 16.0 Å². The maximum atomic E-state index is 11.1. The summed E-state index contributed by atoms with van der Waals surface area (Å²) in [6, 6.07) is 7.79. The predicted molar refractivity (Wildman–Crippen MR) is 96.6 cm³/mol. The number of benzene rings is 1. The van der Waals surface area contributed by atoms with Gasteiger partial charge in [0.25, 0.3) is 0 Å². The minimum atomic E-state index is -0.0622. The van der Waals surface area contributed by atoms with E-state index in [1.807, 2.05) is 36.0 Å². The van der Waals surface area contributed by atoms with Crippen LogP contribution in [0.5, 0.6) is 0 Å². The molecule has 0 spiro atoms. The molecular formula is C16H26N4OS. The molecule has 0 heterocycles. The Kier molecular flexibility index (Phi) is 9.14. The predicted octanol–water partition coefficient (Wildman–Crippen LogP) is 2.45. The molecule has 1 rings (SSSR count). The second-order valence-electron chi connectivity index (χ2n) is 4.93. The van der Waals surface area contributed by atoms with Crippen LogP contribution in [0.1, 0.15) is 25.3 Å². The second kappa shape index (κ2) is 11.0. The number of carbonyl (C=O) groups is 1. The van der Waals surface area contributed by atoms with E-state index in [1.54, 1.807) is 7.05 Å². The van der Waals surface area contributed by atoms with E-state index >= 15 is 0 Å². The Morgan fingerprint density at radius 2 is 2.09 bits per heavy atom. The number of unbranched alkanes of at least 4 members (excludes halogenated alkanes) is 1. The molecular weight excluding hydrogens is 296 g/mol. The maximum Gasteiger partial charge on any atom is 0.221 e. The Bertz CT molecular complexity index is 491. The first-order chi connectivity index (χ1) is 10.7. The highest BCUT2D eigenvalue weighted by Gasteiger charge is 2.00. The van der Waals surface area contributed by atoms with Crippen LogP contribution in [0.15, 0.2) is 29.3 Å². The van der Waals surface area contributed by atoms with Crippen LogP contribution in [-0.4, -0.2) is 37.5 Å². The SMILES string of the molecule is CN=C(NCCCCSC)NCc1cccc(NC(C)=O)c1. The van der Waals surface area contributed by atoms with Gasteiger partial charge in [-0.05, 0) is 42.5 Å². The van der Waals surface area contributed by atoms with Gasteiger partial charge in [0.1, 0.15) is 0 Å². The lowest BCUT2D eigenvalue weighted by Gasteiger charge is -2.12. The standard InChI is InChI=1S/C16H26N4OS/c1-13(21)20-15-8-6-7-14(11-15)12-19-16(17-2)18-9-4-5-10-22-3/h6-8,11H,4-5,9-10,12H2,1-3H3,(H,20,21)(H2,17,18,19). The van der Waals surface area contributed by atoms with Crippen molar-refractivity contribution in [3.8, 4) is 0 Å². The van der Waals surface area contributed by atoms with E-state index < -0.39 is 0 Å². The van der Waals surface area contributed by atoms with Crippen LogP contribution in [0.3, 0.4) is 0 Å². The lowest BCUT2D eigenvalue weighted by molar-refractivity contribution is -0.114. The lowest BCUT2D eigenvalue weighted by atomic mass is 10.2. The average molecular weight is 322 g/mol. The Hall–Kier alpha value is -1.69. The summed E-state index contributed by atoms with van der Waals surface area (Å²) in [5, 5.41) is 9.37. The van der Waals surface area contributed by atoms with Crippen molar-refractivity contribution in [2.75, 3.05) is 30.9 Å². The third-order valence-corrected chi connectivity index (χ3v) is 3.70. The first kappa shape index (κ1) is 18.4. The fraction of sp³-hybridized carbons (Fsp3) is 0.500. The number of hydrogen-bond acceptors (Lipinski definition) is 3. The van der Waals surface area contributed by atoms with Crippen LogP contribution in [0, 0.1) is 0 Å². The molecule has 0 bridgehead atoms. The van der Waals surface area contributed by atoms with Gasteiger partial charge in [0.2, 0.25) is 5.91 Å². The summed E-state index contributed by atoms with van der Waals surface area (Å²) in [7, 11) is 1.77. The number of hydrogen-bond donors (Lipinski definition) is 3. The summed E-state index contributed by atoms with van der Waals surface area (Å²) >= 11 is 1.88. The van der Waals surface area contributed by atoms with Crippen molar-refractivity contribution >= 4 is 29.3 Å². The molecule has 0 saturated carbocycles. The maximum absolute atomic E-state index is 11.1. The molecule has 3 N–H and O–H groups in total. The number of anilines is 1. The Morgan fingerprint density at radius 1 is 1.27 bits per heavy atom. The summed E-state index contributed by atoms with van der Waals surface area (Å²) < 4.78 is 0. The molecule has 5 nitrogen and oxygen atoms in total. The fourth-order valence-corrected chi connectivity index (χ4v) is 2.44.